The number of hydrogen-bond donors (Lipinski definition) is 2. The van der Waals surface area contributed by atoms with Crippen LogP contribution in [0.3, 0.4) is 0 Å². The van der Waals surface area contributed by atoms with Gasteiger partial charge in [0.15, 0.2) is 6.23 Å². The minimum atomic E-state index is 0.867. The van der Waals surface area contributed by atoms with Crippen molar-refractivity contribution < 1.29 is 4.74 Å². The topological polar surface area (TPSA) is 36.5 Å². The van der Waals surface area contributed by atoms with E-state index in [-0.39, 0.29) is 0 Å². The van der Waals surface area contributed by atoms with E-state index in [1.807, 2.05) is 0 Å². The van der Waals surface area contributed by atoms with Gasteiger partial charge in [-0.2, -0.15) is 0 Å². The lowest BCUT2D eigenvalue weighted by Gasteiger charge is -2.27. The SMILES string of the molecule is C1CNC[C](N2CCCNCC2)OC1. The Bertz CT molecular complexity index is 131. The highest BCUT2D eigenvalue weighted by molar-refractivity contribution is 4.86. The lowest BCUT2D eigenvalue weighted by atomic mass is 10.3. The molecule has 0 spiro atoms. The molecule has 0 atom stereocenters. The Morgan fingerprint density at radius 2 is 1.93 bits per heavy atom. The Balaban J connectivity index is 1.83. The highest BCUT2D eigenvalue weighted by Crippen LogP contribution is 2.13. The first-order valence-corrected chi connectivity index (χ1v) is 5.62. The maximum atomic E-state index is 5.75. The molecule has 0 aromatic heterocycles. The predicted molar refractivity (Wildman–Crippen MR) is 55.7 cm³/mol. The second-order valence-electron chi connectivity index (χ2n) is 3.86. The summed E-state index contributed by atoms with van der Waals surface area (Å²) in [6, 6.07) is 0. The Kier molecular flexibility index (Phi) is 4.19. The molecule has 4 nitrogen and oxygen atoms in total. The molecule has 0 aliphatic carbocycles. The molecule has 2 heterocycles. The van der Waals surface area contributed by atoms with Crippen LogP contribution in [0.1, 0.15) is 12.8 Å². The van der Waals surface area contributed by atoms with Gasteiger partial charge in [-0.3, -0.25) is 4.90 Å². The van der Waals surface area contributed by atoms with E-state index in [1.165, 1.54) is 6.42 Å². The third-order valence-electron chi connectivity index (χ3n) is 2.74. The highest BCUT2D eigenvalue weighted by Gasteiger charge is 2.22. The monoisotopic (exact) mass is 198 g/mol. The van der Waals surface area contributed by atoms with Crippen molar-refractivity contribution in [3.05, 3.63) is 6.23 Å². The van der Waals surface area contributed by atoms with E-state index in [0.29, 0.717) is 0 Å². The zero-order chi connectivity index (χ0) is 9.64. The van der Waals surface area contributed by atoms with Crippen LogP contribution in [-0.2, 0) is 4.74 Å². The van der Waals surface area contributed by atoms with Crippen molar-refractivity contribution in [3.63, 3.8) is 0 Å². The average molecular weight is 198 g/mol. The standard InChI is InChI=1S/C10H20N3O/c1-3-11-5-7-13(6-1)10-9-12-4-2-8-14-10/h11-12H,1-9H2. The molecule has 0 aromatic carbocycles. The van der Waals surface area contributed by atoms with Crippen LogP contribution < -0.4 is 10.6 Å². The van der Waals surface area contributed by atoms with E-state index >= 15 is 0 Å². The smallest absolute Gasteiger partial charge is 0.178 e. The van der Waals surface area contributed by atoms with E-state index in [1.54, 1.807) is 0 Å². The molecular weight excluding hydrogens is 178 g/mol. The third-order valence-corrected chi connectivity index (χ3v) is 2.74. The third kappa shape index (κ3) is 2.92. The number of hydrogen-bond acceptors (Lipinski definition) is 4. The lowest BCUT2D eigenvalue weighted by Crippen LogP contribution is -2.38. The Morgan fingerprint density at radius 1 is 1.00 bits per heavy atom. The average Bonchev–Trinajstić information content (AvgIpc) is 2.62. The van der Waals surface area contributed by atoms with Gasteiger partial charge in [-0.15, -0.1) is 0 Å². The molecule has 0 aromatic rings. The molecule has 4 heteroatoms. The van der Waals surface area contributed by atoms with E-state index < -0.39 is 0 Å². The van der Waals surface area contributed by atoms with Crippen molar-refractivity contribution in [3.8, 4) is 0 Å². The van der Waals surface area contributed by atoms with E-state index in [4.69, 9.17) is 4.74 Å². The molecule has 81 valence electrons. The molecule has 2 aliphatic rings. The molecule has 0 bridgehead atoms. The summed E-state index contributed by atoms with van der Waals surface area (Å²) in [6.45, 7) is 7.27. The molecule has 2 N–H and O–H groups in total. The molecule has 0 saturated carbocycles. The largest absolute Gasteiger partial charge is 0.354 e. The van der Waals surface area contributed by atoms with Gasteiger partial charge in [0.25, 0.3) is 0 Å². The fourth-order valence-electron chi connectivity index (χ4n) is 1.93. The van der Waals surface area contributed by atoms with E-state index in [2.05, 4.69) is 15.5 Å². The van der Waals surface area contributed by atoms with Crippen molar-refractivity contribution in [2.75, 3.05) is 45.9 Å². The number of ether oxygens (including phenoxy) is 1. The first kappa shape index (κ1) is 10.4. The molecule has 2 saturated heterocycles. The quantitative estimate of drug-likeness (QED) is 0.611. The summed E-state index contributed by atoms with van der Waals surface area (Å²) in [4.78, 5) is 2.37. The summed E-state index contributed by atoms with van der Waals surface area (Å²) in [5.41, 5.74) is 0. The van der Waals surface area contributed by atoms with Crippen LogP contribution in [0, 0.1) is 6.23 Å². The summed E-state index contributed by atoms with van der Waals surface area (Å²) in [5, 5.41) is 6.79. The van der Waals surface area contributed by atoms with Gasteiger partial charge in [-0.25, -0.2) is 0 Å². The summed E-state index contributed by atoms with van der Waals surface area (Å²) >= 11 is 0. The minimum absolute atomic E-state index is 0.867. The van der Waals surface area contributed by atoms with Crippen molar-refractivity contribution >= 4 is 0 Å². The molecule has 2 rings (SSSR count). The van der Waals surface area contributed by atoms with Gasteiger partial charge in [0.2, 0.25) is 0 Å². The normalized spacial score (nSPS) is 28.3. The Hall–Kier alpha value is -0.160. The van der Waals surface area contributed by atoms with Gasteiger partial charge < -0.3 is 15.4 Å². The summed E-state index contributed by atoms with van der Waals surface area (Å²) in [5.74, 6) is 0. The van der Waals surface area contributed by atoms with E-state index in [9.17, 15) is 0 Å². The second-order valence-corrected chi connectivity index (χ2v) is 3.86. The molecule has 14 heavy (non-hydrogen) atoms. The zero-order valence-corrected chi connectivity index (χ0v) is 8.72. The van der Waals surface area contributed by atoms with Crippen LogP contribution in [0.4, 0.5) is 0 Å². The second kappa shape index (κ2) is 5.66. The summed E-state index contributed by atoms with van der Waals surface area (Å²) in [7, 11) is 0. The van der Waals surface area contributed by atoms with Crippen molar-refractivity contribution in [1.82, 2.24) is 15.5 Å². The van der Waals surface area contributed by atoms with Crippen LogP contribution in [-0.4, -0.2) is 50.8 Å². The Morgan fingerprint density at radius 3 is 2.93 bits per heavy atom. The first-order chi connectivity index (χ1) is 6.97. The molecule has 0 amide bonds. The number of nitrogens with zero attached hydrogens (tertiary/aromatic N) is 1. The van der Waals surface area contributed by atoms with Crippen molar-refractivity contribution in [2.45, 2.75) is 12.8 Å². The molecule has 2 fully saturated rings. The fourth-order valence-corrected chi connectivity index (χ4v) is 1.93. The zero-order valence-electron chi connectivity index (χ0n) is 8.72. The maximum Gasteiger partial charge on any atom is 0.178 e. The maximum absolute atomic E-state index is 5.75. The highest BCUT2D eigenvalue weighted by atomic mass is 16.5. The van der Waals surface area contributed by atoms with Crippen LogP contribution in [0.25, 0.3) is 0 Å². The molecule has 0 unspecified atom stereocenters. The van der Waals surface area contributed by atoms with Gasteiger partial charge in [0, 0.05) is 26.2 Å². The van der Waals surface area contributed by atoms with Crippen LogP contribution in [0.2, 0.25) is 0 Å². The van der Waals surface area contributed by atoms with Crippen LogP contribution in [0.15, 0.2) is 0 Å². The van der Waals surface area contributed by atoms with Gasteiger partial charge in [-0.1, -0.05) is 0 Å². The Labute approximate surface area is 86.0 Å². The predicted octanol–water partition coefficient (Wildman–Crippen LogP) is -0.219. The van der Waals surface area contributed by atoms with Gasteiger partial charge in [-0.05, 0) is 25.9 Å². The number of nitrogens with one attached hydrogen (secondary N) is 2. The van der Waals surface area contributed by atoms with Gasteiger partial charge in [0.05, 0.1) is 6.61 Å². The van der Waals surface area contributed by atoms with Crippen LogP contribution in [0.5, 0.6) is 0 Å². The lowest BCUT2D eigenvalue weighted by molar-refractivity contribution is 0.0460. The van der Waals surface area contributed by atoms with Crippen LogP contribution >= 0.6 is 0 Å². The number of rotatable bonds is 1. The van der Waals surface area contributed by atoms with Crippen molar-refractivity contribution in [1.29, 1.82) is 0 Å². The first-order valence-electron chi connectivity index (χ1n) is 5.62. The minimum Gasteiger partial charge on any atom is -0.354 e. The van der Waals surface area contributed by atoms with Crippen molar-refractivity contribution in [2.24, 2.45) is 0 Å². The molecule has 1 radical (unpaired) electrons. The fraction of sp³-hybridized carbons (Fsp3) is 0.900. The molecule has 2 aliphatic heterocycles. The van der Waals surface area contributed by atoms with E-state index in [0.717, 1.165) is 58.5 Å². The van der Waals surface area contributed by atoms with Gasteiger partial charge in [0.1, 0.15) is 0 Å². The van der Waals surface area contributed by atoms with Gasteiger partial charge >= 0.3 is 0 Å². The molecular formula is C10H20N3O. The summed E-state index contributed by atoms with van der Waals surface area (Å²) in [6.07, 6.45) is 3.48. The summed E-state index contributed by atoms with van der Waals surface area (Å²) < 4.78 is 5.75.